The van der Waals surface area contributed by atoms with Gasteiger partial charge in [-0.25, -0.2) is 4.98 Å². The van der Waals surface area contributed by atoms with E-state index in [1.165, 1.54) is 11.0 Å². The van der Waals surface area contributed by atoms with Gasteiger partial charge in [-0.1, -0.05) is 42.5 Å². The lowest BCUT2D eigenvalue weighted by molar-refractivity contribution is 0.0642. The molecule has 0 aliphatic carbocycles. The lowest BCUT2D eigenvalue weighted by Gasteiger charge is -2.15. The molecule has 5 rings (SSSR count). The first-order valence-electron chi connectivity index (χ1n) is 11.3. The Morgan fingerprint density at radius 1 is 0.941 bits per heavy atom. The fraction of sp³-hybridized carbons (Fsp3) is 0.185. The van der Waals surface area contributed by atoms with Crippen molar-refractivity contribution in [3.05, 3.63) is 101 Å². The van der Waals surface area contributed by atoms with E-state index in [0.29, 0.717) is 11.1 Å². The van der Waals surface area contributed by atoms with Crippen LogP contribution in [0.1, 0.15) is 62.4 Å². The molecule has 1 aliphatic rings. The molecular weight excluding hydrogens is 428 g/mol. The van der Waals surface area contributed by atoms with Crippen LogP contribution in [-0.4, -0.2) is 32.2 Å². The maximum atomic E-state index is 13.0. The fourth-order valence-electron chi connectivity index (χ4n) is 4.44. The first-order chi connectivity index (χ1) is 16.5. The Morgan fingerprint density at radius 3 is 2.41 bits per heavy atom. The standard InChI is InChI=1S/C27H24N4O3/c1-3-30-23-12-8-7-11-22(23)29-24(30)17(2)28-25(32)19-13-14-20-21(15-19)27(34)31(26(20)33)16-18-9-5-4-6-10-18/h4-15,17H,3,16H2,1-2H3,(H,28,32). The second-order valence-corrected chi connectivity index (χ2v) is 8.34. The molecule has 7 heteroatoms. The molecule has 34 heavy (non-hydrogen) atoms. The van der Waals surface area contributed by atoms with Crippen molar-refractivity contribution in [2.75, 3.05) is 0 Å². The summed E-state index contributed by atoms with van der Waals surface area (Å²) >= 11 is 0. The summed E-state index contributed by atoms with van der Waals surface area (Å²) in [6.45, 7) is 4.84. The van der Waals surface area contributed by atoms with Gasteiger partial charge in [0.05, 0.1) is 34.7 Å². The van der Waals surface area contributed by atoms with E-state index in [2.05, 4.69) is 9.88 Å². The summed E-state index contributed by atoms with van der Waals surface area (Å²) in [4.78, 5) is 44.7. The highest BCUT2D eigenvalue weighted by Gasteiger charge is 2.36. The second-order valence-electron chi connectivity index (χ2n) is 8.34. The van der Waals surface area contributed by atoms with E-state index in [4.69, 9.17) is 4.98 Å². The third-order valence-corrected chi connectivity index (χ3v) is 6.15. The molecule has 0 spiro atoms. The average molecular weight is 453 g/mol. The Kier molecular flexibility index (Phi) is 5.45. The van der Waals surface area contributed by atoms with Crippen molar-refractivity contribution in [3.63, 3.8) is 0 Å². The molecule has 0 saturated heterocycles. The molecule has 4 aromatic rings. The van der Waals surface area contributed by atoms with E-state index in [0.717, 1.165) is 29.0 Å². The second kappa shape index (κ2) is 8.59. The fourth-order valence-corrected chi connectivity index (χ4v) is 4.44. The molecule has 1 atom stereocenters. The van der Waals surface area contributed by atoms with Crippen molar-refractivity contribution in [2.45, 2.75) is 33.0 Å². The molecule has 0 bridgehead atoms. The monoisotopic (exact) mass is 452 g/mol. The number of hydrogen-bond donors (Lipinski definition) is 1. The third-order valence-electron chi connectivity index (χ3n) is 6.15. The molecular formula is C27H24N4O3. The summed E-state index contributed by atoms with van der Waals surface area (Å²) < 4.78 is 2.08. The Morgan fingerprint density at radius 2 is 1.65 bits per heavy atom. The van der Waals surface area contributed by atoms with E-state index in [-0.39, 0.29) is 35.9 Å². The zero-order valence-corrected chi connectivity index (χ0v) is 19.0. The van der Waals surface area contributed by atoms with Gasteiger partial charge in [0.1, 0.15) is 5.82 Å². The predicted molar refractivity (Wildman–Crippen MR) is 128 cm³/mol. The lowest BCUT2D eigenvalue weighted by Crippen LogP contribution is -2.29. The van der Waals surface area contributed by atoms with Gasteiger partial charge in [-0.15, -0.1) is 0 Å². The molecule has 170 valence electrons. The van der Waals surface area contributed by atoms with Crippen LogP contribution in [0.5, 0.6) is 0 Å². The summed E-state index contributed by atoms with van der Waals surface area (Å²) in [7, 11) is 0. The van der Waals surface area contributed by atoms with Gasteiger partial charge in [-0.3, -0.25) is 19.3 Å². The third kappa shape index (κ3) is 3.65. The van der Waals surface area contributed by atoms with Gasteiger partial charge >= 0.3 is 0 Å². The minimum atomic E-state index is -0.390. The number of aryl methyl sites for hydroxylation is 1. The summed E-state index contributed by atoms with van der Waals surface area (Å²) in [5.41, 5.74) is 3.65. The highest BCUT2D eigenvalue weighted by atomic mass is 16.2. The summed E-state index contributed by atoms with van der Waals surface area (Å²) in [5, 5.41) is 2.98. The molecule has 1 aliphatic heterocycles. The number of nitrogens with one attached hydrogen (secondary N) is 1. The number of amides is 3. The van der Waals surface area contributed by atoms with Gasteiger partial charge in [-0.2, -0.15) is 0 Å². The van der Waals surface area contributed by atoms with Crippen LogP contribution in [0.25, 0.3) is 11.0 Å². The number of para-hydroxylation sites is 2. The number of hydrogen-bond acceptors (Lipinski definition) is 4. The minimum Gasteiger partial charge on any atom is -0.342 e. The predicted octanol–water partition coefficient (Wildman–Crippen LogP) is 4.34. The van der Waals surface area contributed by atoms with Crippen molar-refractivity contribution in [3.8, 4) is 0 Å². The largest absolute Gasteiger partial charge is 0.342 e. The van der Waals surface area contributed by atoms with Gasteiger partial charge in [0, 0.05) is 12.1 Å². The zero-order chi connectivity index (χ0) is 23.8. The summed E-state index contributed by atoms with van der Waals surface area (Å²) in [6, 6.07) is 21.5. The number of carbonyl (C=O) groups is 3. The van der Waals surface area contributed by atoms with Crippen LogP contribution in [0.2, 0.25) is 0 Å². The van der Waals surface area contributed by atoms with Crippen molar-refractivity contribution < 1.29 is 14.4 Å². The molecule has 7 nitrogen and oxygen atoms in total. The van der Waals surface area contributed by atoms with E-state index in [9.17, 15) is 14.4 Å². The van der Waals surface area contributed by atoms with Crippen molar-refractivity contribution in [1.29, 1.82) is 0 Å². The molecule has 1 unspecified atom stereocenters. The van der Waals surface area contributed by atoms with Crippen LogP contribution in [-0.2, 0) is 13.1 Å². The van der Waals surface area contributed by atoms with Crippen LogP contribution in [0.3, 0.4) is 0 Å². The van der Waals surface area contributed by atoms with Gasteiger partial charge < -0.3 is 9.88 Å². The molecule has 1 aromatic heterocycles. The lowest BCUT2D eigenvalue weighted by atomic mass is 10.0. The normalized spacial score (nSPS) is 13.9. The summed E-state index contributed by atoms with van der Waals surface area (Å²) in [5.74, 6) is -0.301. The maximum Gasteiger partial charge on any atom is 0.261 e. The molecule has 2 heterocycles. The zero-order valence-electron chi connectivity index (χ0n) is 19.0. The van der Waals surface area contributed by atoms with Crippen LogP contribution in [0, 0.1) is 0 Å². The van der Waals surface area contributed by atoms with Crippen molar-refractivity contribution in [1.82, 2.24) is 19.8 Å². The first-order valence-corrected chi connectivity index (χ1v) is 11.3. The van der Waals surface area contributed by atoms with E-state index < -0.39 is 0 Å². The molecule has 0 fully saturated rings. The van der Waals surface area contributed by atoms with Crippen LogP contribution >= 0.6 is 0 Å². The van der Waals surface area contributed by atoms with E-state index >= 15 is 0 Å². The summed E-state index contributed by atoms with van der Waals surface area (Å²) in [6.07, 6.45) is 0. The van der Waals surface area contributed by atoms with E-state index in [1.54, 1.807) is 12.1 Å². The number of aromatic nitrogens is 2. The van der Waals surface area contributed by atoms with Crippen LogP contribution in [0.15, 0.2) is 72.8 Å². The van der Waals surface area contributed by atoms with Crippen molar-refractivity contribution >= 4 is 28.8 Å². The molecule has 0 radical (unpaired) electrons. The van der Waals surface area contributed by atoms with Gasteiger partial charge in [-0.05, 0) is 49.7 Å². The van der Waals surface area contributed by atoms with Crippen molar-refractivity contribution in [2.24, 2.45) is 0 Å². The molecule has 0 saturated carbocycles. The highest BCUT2D eigenvalue weighted by Crippen LogP contribution is 2.26. The Labute approximate surface area is 197 Å². The Bertz CT molecular complexity index is 1420. The number of carbonyl (C=O) groups excluding carboxylic acids is 3. The number of nitrogens with zero attached hydrogens (tertiary/aromatic N) is 3. The first kappa shape index (κ1) is 21.6. The number of imidazole rings is 1. The number of fused-ring (bicyclic) bond motifs is 2. The number of rotatable bonds is 6. The molecule has 1 N–H and O–H groups in total. The maximum absolute atomic E-state index is 13.0. The Balaban J connectivity index is 1.37. The van der Waals surface area contributed by atoms with E-state index in [1.807, 2.05) is 68.4 Å². The quantitative estimate of drug-likeness (QED) is 0.441. The van der Waals surface area contributed by atoms with Gasteiger partial charge in [0.25, 0.3) is 17.7 Å². The van der Waals surface area contributed by atoms with Gasteiger partial charge in [0.2, 0.25) is 0 Å². The number of imide groups is 1. The van der Waals surface area contributed by atoms with Gasteiger partial charge in [0.15, 0.2) is 0 Å². The SMILES string of the molecule is CCn1c(C(C)NC(=O)c2ccc3c(c2)C(=O)N(Cc2ccccc2)C3=O)nc2ccccc21. The highest BCUT2D eigenvalue weighted by molar-refractivity contribution is 6.22. The molecule has 3 amide bonds. The average Bonchev–Trinajstić information content (AvgIpc) is 3.35. The smallest absolute Gasteiger partial charge is 0.261 e. The minimum absolute atomic E-state index is 0.193. The number of benzene rings is 3. The molecule has 3 aromatic carbocycles. The topological polar surface area (TPSA) is 84.3 Å². The van der Waals surface area contributed by atoms with Crippen LogP contribution < -0.4 is 5.32 Å². The Hall–Kier alpha value is -4.26. The van der Waals surface area contributed by atoms with Crippen LogP contribution in [0.4, 0.5) is 0 Å².